The summed E-state index contributed by atoms with van der Waals surface area (Å²) in [5.74, 6) is -2.48. The number of rotatable bonds is 6. The summed E-state index contributed by atoms with van der Waals surface area (Å²) in [6, 6.07) is 25.9. The third-order valence-corrected chi connectivity index (χ3v) is 8.03. The molecule has 0 aliphatic carbocycles. The Bertz CT molecular complexity index is 1680. The Morgan fingerprint density at radius 2 is 1.41 bits per heavy atom. The van der Waals surface area contributed by atoms with Gasteiger partial charge in [0.2, 0.25) is 0 Å². The van der Waals surface area contributed by atoms with Crippen LogP contribution in [-0.4, -0.2) is 63.1 Å². The van der Waals surface area contributed by atoms with Gasteiger partial charge < -0.3 is 25.0 Å². The quantitative estimate of drug-likeness (QED) is 0.425. The predicted molar refractivity (Wildman–Crippen MR) is 165 cm³/mol. The Labute approximate surface area is 256 Å². The van der Waals surface area contributed by atoms with E-state index in [1.165, 1.54) is 19.1 Å². The molecule has 1 saturated heterocycles. The second kappa shape index (κ2) is 12.8. The molecule has 224 valence electrons. The molecule has 2 heterocycles. The Morgan fingerprint density at radius 3 is 2.00 bits per heavy atom. The SMILES string of the molecule is COC(=O)C1=C(C(=O)OC)N(c2ccc(N3CCN(C(=O)c4ccccc4C)CC3)cc2)C(N)=C(C#N)C1c1ccccc1. The maximum atomic E-state index is 13.3. The highest BCUT2D eigenvalue weighted by Gasteiger charge is 2.43. The zero-order valence-electron chi connectivity index (χ0n) is 24.8. The molecule has 0 saturated carbocycles. The van der Waals surface area contributed by atoms with Crippen molar-refractivity contribution in [1.82, 2.24) is 4.90 Å². The van der Waals surface area contributed by atoms with Gasteiger partial charge in [0.15, 0.2) is 0 Å². The number of allylic oxidation sites excluding steroid dienone is 1. The number of nitrogens with zero attached hydrogens (tertiary/aromatic N) is 4. The van der Waals surface area contributed by atoms with Crippen LogP contribution in [0, 0.1) is 18.3 Å². The summed E-state index contributed by atoms with van der Waals surface area (Å²) in [4.78, 5) is 45.0. The number of nitrogens with two attached hydrogens (primary N) is 1. The van der Waals surface area contributed by atoms with Crippen LogP contribution in [0.2, 0.25) is 0 Å². The molecule has 1 unspecified atom stereocenters. The fourth-order valence-corrected chi connectivity index (χ4v) is 5.74. The number of amides is 1. The molecule has 2 aliphatic rings. The molecule has 0 radical (unpaired) electrons. The predicted octanol–water partition coefficient (Wildman–Crippen LogP) is 3.86. The summed E-state index contributed by atoms with van der Waals surface area (Å²) in [6.07, 6.45) is 0. The van der Waals surface area contributed by atoms with Gasteiger partial charge in [-0.2, -0.15) is 5.26 Å². The first-order valence-corrected chi connectivity index (χ1v) is 14.2. The maximum Gasteiger partial charge on any atom is 0.355 e. The number of carbonyl (C=O) groups excluding carboxylic acids is 3. The van der Waals surface area contributed by atoms with E-state index in [1.807, 2.05) is 54.3 Å². The highest BCUT2D eigenvalue weighted by molar-refractivity contribution is 6.06. The van der Waals surface area contributed by atoms with Gasteiger partial charge in [-0.05, 0) is 48.4 Å². The van der Waals surface area contributed by atoms with Crippen LogP contribution in [0.1, 0.15) is 27.4 Å². The lowest BCUT2D eigenvalue weighted by atomic mass is 9.81. The molecule has 3 aromatic rings. The number of anilines is 2. The molecule has 2 aliphatic heterocycles. The van der Waals surface area contributed by atoms with Gasteiger partial charge in [-0.15, -0.1) is 0 Å². The molecule has 2 N–H and O–H groups in total. The summed E-state index contributed by atoms with van der Waals surface area (Å²) < 4.78 is 10.2. The lowest BCUT2D eigenvalue weighted by Gasteiger charge is -2.37. The van der Waals surface area contributed by atoms with Gasteiger partial charge in [0.05, 0.1) is 37.4 Å². The van der Waals surface area contributed by atoms with Crippen molar-refractivity contribution in [3.05, 3.63) is 118 Å². The Balaban J connectivity index is 1.46. The summed E-state index contributed by atoms with van der Waals surface area (Å²) in [5, 5.41) is 10.2. The Kier molecular flexibility index (Phi) is 8.67. The summed E-state index contributed by atoms with van der Waals surface area (Å²) in [7, 11) is 2.43. The average molecular weight is 592 g/mol. The normalized spacial score (nSPS) is 16.9. The van der Waals surface area contributed by atoms with Gasteiger partial charge >= 0.3 is 11.9 Å². The molecule has 1 amide bonds. The lowest BCUT2D eigenvalue weighted by molar-refractivity contribution is -0.139. The van der Waals surface area contributed by atoms with Crippen LogP contribution in [0.25, 0.3) is 0 Å². The second-order valence-corrected chi connectivity index (χ2v) is 10.4. The van der Waals surface area contributed by atoms with Crippen LogP contribution in [-0.2, 0) is 19.1 Å². The van der Waals surface area contributed by atoms with Crippen LogP contribution in [0.15, 0.2) is 102 Å². The molecular formula is C34H33N5O5. The first kappa shape index (κ1) is 29.9. The molecule has 0 aromatic heterocycles. The zero-order chi connectivity index (χ0) is 31.4. The summed E-state index contributed by atoms with van der Waals surface area (Å²) in [5.41, 5.74) is 10.2. The first-order chi connectivity index (χ1) is 21.3. The number of carbonyl (C=O) groups is 3. The van der Waals surface area contributed by atoms with E-state index in [-0.39, 0.29) is 28.6 Å². The minimum absolute atomic E-state index is 0.00508. The molecule has 44 heavy (non-hydrogen) atoms. The van der Waals surface area contributed by atoms with Gasteiger partial charge in [0, 0.05) is 43.1 Å². The topological polar surface area (TPSA) is 129 Å². The summed E-state index contributed by atoms with van der Waals surface area (Å²) in [6.45, 7) is 4.35. The molecule has 3 aromatic carbocycles. The molecule has 10 heteroatoms. The third kappa shape index (κ3) is 5.47. The number of hydrogen-bond acceptors (Lipinski definition) is 9. The van der Waals surface area contributed by atoms with Gasteiger partial charge in [-0.3, -0.25) is 9.69 Å². The number of methoxy groups -OCH3 is 2. The molecule has 10 nitrogen and oxygen atoms in total. The average Bonchev–Trinajstić information content (AvgIpc) is 3.07. The maximum absolute atomic E-state index is 13.3. The minimum Gasteiger partial charge on any atom is -0.466 e. The monoisotopic (exact) mass is 591 g/mol. The van der Waals surface area contributed by atoms with Gasteiger partial charge in [0.1, 0.15) is 11.5 Å². The number of ether oxygens (including phenoxy) is 2. The number of piperazine rings is 1. The summed E-state index contributed by atoms with van der Waals surface area (Å²) >= 11 is 0. The largest absolute Gasteiger partial charge is 0.466 e. The molecular weight excluding hydrogens is 558 g/mol. The molecule has 1 atom stereocenters. The van der Waals surface area contributed by atoms with E-state index in [2.05, 4.69) is 11.0 Å². The van der Waals surface area contributed by atoms with Crippen LogP contribution >= 0.6 is 0 Å². The minimum atomic E-state index is -0.933. The second-order valence-electron chi connectivity index (χ2n) is 10.4. The highest BCUT2D eigenvalue weighted by atomic mass is 16.5. The first-order valence-electron chi connectivity index (χ1n) is 14.2. The number of esters is 2. The smallest absolute Gasteiger partial charge is 0.355 e. The molecule has 0 bridgehead atoms. The van der Waals surface area contributed by atoms with E-state index in [0.29, 0.717) is 43.0 Å². The van der Waals surface area contributed by atoms with Crippen molar-refractivity contribution in [3.63, 3.8) is 0 Å². The molecule has 1 fully saturated rings. The lowest BCUT2D eigenvalue weighted by Crippen LogP contribution is -2.49. The number of hydrogen-bond donors (Lipinski definition) is 1. The molecule has 0 spiro atoms. The Hall–Kier alpha value is -5.56. The number of nitriles is 1. The van der Waals surface area contributed by atoms with Crippen molar-refractivity contribution in [3.8, 4) is 6.07 Å². The van der Waals surface area contributed by atoms with Crippen LogP contribution in [0.5, 0.6) is 0 Å². The number of benzene rings is 3. The van der Waals surface area contributed by atoms with Gasteiger partial charge in [-0.25, -0.2) is 9.59 Å². The van der Waals surface area contributed by atoms with Crippen molar-refractivity contribution in [2.24, 2.45) is 5.73 Å². The van der Waals surface area contributed by atoms with Crippen LogP contribution < -0.4 is 15.5 Å². The highest BCUT2D eigenvalue weighted by Crippen LogP contribution is 2.43. The Morgan fingerprint density at radius 1 is 0.818 bits per heavy atom. The van der Waals surface area contributed by atoms with Crippen molar-refractivity contribution >= 4 is 29.2 Å². The third-order valence-electron chi connectivity index (χ3n) is 8.03. The van der Waals surface area contributed by atoms with Crippen LogP contribution in [0.3, 0.4) is 0 Å². The van der Waals surface area contributed by atoms with Crippen molar-refractivity contribution in [2.75, 3.05) is 50.2 Å². The van der Waals surface area contributed by atoms with Gasteiger partial charge in [0.25, 0.3) is 5.91 Å². The van der Waals surface area contributed by atoms with E-state index in [9.17, 15) is 19.6 Å². The van der Waals surface area contributed by atoms with E-state index in [4.69, 9.17) is 15.2 Å². The van der Waals surface area contributed by atoms with Crippen LogP contribution in [0.4, 0.5) is 11.4 Å². The van der Waals surface area contributed by atoms with E-state index < -0.39 is 17.9 Å². The van der Waals surface area contributed by atoms with E-state index in [1.54, 1.807) is 36.4 Å². The van der Waals surface area contributed by atoms with Crippen molar-refractivity contribution in [2.45, 2.75) is 12.8 Å². The van der Waals surface area contributed by atoms with Crippen molar-refractivity contribution < 1.29 is 23.9 Å². The van der Waals surface area contributed by atoms with Gasteiger partial charge in [-0.1, -0.05) is 48.5 Å². The van der Waals surface area contributed by atoms with E-state index in [0.717, 1.165) is 11.3 Å². The number of aryl methyl sites for hydroxylation is 1. The van der Waals surface area contributed by atoms with Crippen molar-refractivity contribution in [1.29, 1.82) is 5.26 Å². The van der Waals surface area contributed by atoms with E-state index >= 15 is 0 Å². The fraction of sp³-hybridized carbons (Fsp3) is 0.235. The fourth-order valence-electron chi connectivity index (χ4n) is 5.74. The standard InChI is InChI=1S/C34H33N5O5/c1-22-9-7-8-12-26(22)32(40)38-19-17-37(18-20-38)24-13-15-25(16-14-24)39-30(34(42)44-3)29(33(41)43-2)28(27(21-35)31(39)36)23-10-5-4-6-11-23/h4-16,28H,17-20,36H2,1-3H3. The zero-order valence-corrected chi connectivity index (χ0v) is 24.8. The molecule has 5 rings (SSSR count).